The van der Waals surface area contributed by atoms with Gasteiger partial charge in [0.25, 0.3) is 0 Å². The van der Waals surface area contributed by atoms with Crippen molar-refractivity contribution in [3.05, 3.63) is 46.2 Å². The van der Waals surface area contributed by atoms with Gasteiger partial charge in [-0.25, -0.2) is 0 Å². The van der Waals surface area contributed by atoms with E-state index < -0.39 is 0 Å². The third-order valence-corrected chi connectivity index (χ3v) is 6.22. The summed E-state index contributed by atoms with van der Waals surface area (Å²) in [5.41, 5.74) is 3.56. The molecule has 2 aromatic rings. The van der Waals surface area contributed by atoms with E-state index in [1.54, 1.807) is 11.8 Å². The lowest BCUT2D eigenvalue weighted by molar-refractivity contribution is 0.142. The van der Waals surface area contributed by atoms with Crippen LogP contribution in [0.3, 0.4) is 0 Å². The molecule has 3 rings (SSSR count). The summed E-state index contributed by atoms with van der Waals surface area (Å²) in [6.07, 6.45) is 3.69. The average molecular weight is 405 g/mol. The zero-order chi connectivity index (χ0) is 20.1. The fourth-order valence-electron chi connectivity index (χ4n) is 4.21. The Labute approximate surface area is 174 Å². The Morgan fingerprint density at radius 1 is 1.29 bits per heavy atom. The van der Waals surface area contributed by atoms with Gasteiger partial charge in [-0.15, -0.1) is 0 Å². The zero-order valence-electron chi connectivity index (χ0n) is 17.6. The quantitative estimate of drug-likeness (QED) is 0.670. The predicted molar refractivity (Wildman–Crippen MR) is 115 cm³/mol. The van der Waals surface area contributed by atoms with Gasteiger partial charge in [-0.3, -0.25) is 4.68 Å². The molecule has 5 nitrogen and oxygen atoms in total. The molecule has 1 aromatic carbocycles. The van der Waals surface area contributed by atoms with Crippen molar-refractivity contribution in [3.8, 4) is 5.75 Å². The second kappa shape index (κ2) is 9.77. The van der Waals surface area contributed by atoms with Crippen LogP contribution in [-0.4, -0.2) is 59.9 Å². The number of halogens is 1. The highest BCUT2D eigenvalue weighted by Gasteiger charge is 2.22. The van der Waals surface area contributed by atoms with E-state index in [9.17, 15) is 0 Å². The Kier molecular flexibility index (Phi) is 7.38. The molecule has 0 saturated carbocycles. The van der Waals surface area contributed by atoms with Gasteiger partial charge in [0.2, 0.25) is 0 Å². The van der Waals surface area contributed by atoms with Crippen molar-refractivity contribution in [2.24, 2.45) is 13.0 Å². The van der Waals surface area contributed by atoms with Crippen LogP contribution in [0.2, 0.25) is 5.15 Å². The molecule has 0 radical (unpaired) electrons. The highest BCUT2D eigenvalue weighted by Crippen LogP contribution is 2.23. The highest BCUT2D eigenvalue weighted by molar-refractivity contribution is 6.30. The molecule has 1 aliphatic rings. The summed E-state index contributed by atoms with van der Waals surface area (Å²) in [6.45, 7) is 7.52. The van der Waals surface area contributed by atoms with Crippen LogP contribution < -0.4 is 4.74 Å². The van der Waals surface area contributed by atoms with E-state index in [1.807, 2.05) is 14.0 Å². The van der Waals surface area contributed by atoms with Gasteiger partial charge in [-0.05, 0) is 63.4 Å². The molecule has 28 heavy (non-hydrogen) atoms. The topological polar surface area (TPSA) is 33.5 Å². The number of rotatable bonds is 8. The van der Waals surface area contributed by atoms with Gasteiger partial charge in [0.1, 0.15) is 10.9 Å². The Morgan fingerprint density at radius 2 is 2.04 bits per heavy atom. The molecule has 0 spiro atoms. The Bertz CT molecular complexity index is 759. The smallest absolute Gasteiger partial charge is 0.131 e. The highest BCUT2D eigenvalue weighted by atomic mass is 35.5. The molecule has 1 atom stereocenters. The van der Waals surface area contributed by atoms with Crippen molar-refractivity contribution in [2.75, 3.05) is 40.3 Å². The van der Waals surface area contributed by atoms with Crippen molar-refractivity contribution in [3.63, 3.8) is 0 Å². The first-order chi connectivity index (χ1) is 13.5. The molecule has 154 valence electrons. The zero-order valence-corrected chi connectivity index (χ0v) is 18.4. The number of hydrogen-bond donors (Lipinski definition) is 0. The first-order valence-electron chi connectivity index (χ1n) is 10.2. The number of piperidine rings is 1. The molecule has 0 amide bonds. The molecular formula is C22H33ClN4O. The largest absolute Gasteiger partial charge is 0.497 e. The number of aryl methyl sites for hydroxylation is 2. The van der Waals surface area contributed by atoms with Gasteiger partial charge in [-0.2, -0.15) is 5.10 Å². The van der Waals surface area contributed by atoms with E-state index in [0.717, 1.165) is 48.2 Å². The first kappa shape index (κ1) is 21.2. The van der Waals surface area contributed by atoms with Gasteiger partial charge in [-0.1, -0.05) is 23.7 Å². The minimum absolute atomic E-state index is 0.713. The standard InChI is InChI=1S/C22H33ClN4O/c1-17-21(22(23)26(3)24-17)16-25(2)14-19-6-5-12-27(15-19)13-11-18-7-9-20(28-4)10-8-18/h7-10,19H,5-6,11-16H2,1-4H3/t19-/m1/s1. The van der Waals surface area contributed by atoms with Crippen molar-refractivity contribution < 1.29 is 4.74 Å². The second-order valence-corrected chi connectivity index (χ2v) is 8.44. The maximum absolute atomic E-state index is 6.40. The molecule has 0 aliphatic carbocycles. The normalized spacial score (nSPS) is 18.0. The van der Waals surface area contributed by atoms with Crippen LogP contribution in [0.5, 0.6) is 5.75 Å². The monoisotopic (exact) mass is 404 g/mol. The molecule has 1 fully saturated rings. The average Bonchev–Trinajstić information content (AvgIpc) is 2.93. The van der Waals surface area contributed by atoms with E-state index in [0.29, 0.717) is 5.92 Å². The molecule has 1 aliphatic heterocycles. The summed E-state index contributed by atoms with van der Waals surface area (Å²) >= 11 is 6.40. The fourth-order valence-corrected chi connectivity index (χ4v) is 4.45. The van der Waals surface area contributed by atoms with Crippen molar-refractivity contribution in [1.82, 2.24) is 19.6 Å². The van der Waals surface area contributed by atoms with Gasteiger partial charge < -0.3 is 14.5 Å². The number of hydrogen-bond acceptors (Lipinski definition) is 4. The molecule has 0 N–H and O–H groups in total. The van der Waals surface area contributed by atoms with Crippen molar-refractivity contribution in [2.45, 2.75) is 32.7 Å². The van der Waals surface area contributed by atoms with Crippen LogP contribution in [0.4, 0.5) is 0 Å². The molecule has 1 aromatic heterocycles. The molecule has 1 saturated heterocycles. The second-order valence-electron chi connectivity index (χ2n) is 8.08. The number of likely N-dealkylation sites (tertiary alicyclic amines) is 1. The van der Waals surface area contributed by atoms with E-state index in [1.165, 1.54) is 31.5 Å². The first-order valence-corrected chi connectivity index (χ1v) is 10.6. The van der Waals surface area contributed by atoms with Crippen LogP contribution in [-0.2, 0) is 20.0 Å². The minimum Gasteiger partial charge on any atom is -0.497 e. The molecule has 0 unspecified atom stereocenters. The molecular weight excluding hydrogens is 372 g/mol. The van der Waals surface area contributed by atoms with Gasteiger partial charge >= 0.3 is 0 Å². The van der Waals surface area contributed by atoms with Crippen molar-refractivity contribution in [1.29, 1.82) is 0 Å². The maximum atomic E-state index is 6.40. The summed E-state index contributed by atoms with van der Waals surface area (Å²) in [5, 5.41) is 5.19. The van der Waals surface area contributed by atoms with E-state index in [4.69, 9.17) is 16.3 Å². The van der Waals surface area contributed by atoms with E-state index in [2.05, 4.69) is 46.2 Å². The van der Waals surface area contributed by atoms with Gasteiger partial charge in [0.15, 0.2) is 0 Å². The number of aromatic nitrogens is 2. The number of methoxy groups -OCH3 is 1. The molecule has 0 bridgehead atoms. The summed E-state index contributed by atoms with van der Waals surface area (Å²) < 4.78 is 7.01. The van der Waals surface area contributed by atoms with Gasteiger partial charge in [0.05, 0.1) is 12.8 Å². The number of nitrogens with zero attached hydrogens (tertiary/aromatic N) is 4. The third kappa shape index (κ3) is 5.49. The molecule has 6 heteroatoms. The SMILES string of the molecule is COc1ccc(CCN2CCC[C@H](CN(C)Cc3c(C)nn(C)c3Cl)C2)cc1. The van der Waals surface area contributed by atoms with Crippen molar-refractivity contribution >= 4 is 11.6 Å². The summed E-state index contributed by atoms with van der Waals surface area (Å²) in [6, 6.07) is 8.45. The summed E-state index contributed by atoms with van der Waals surface area (Å²) in [7, 11) is 5.81. The summed E-state index contributed by atoms with van der Waals surface area (Å²) in [4.78, 5) is 5.02. The minimum atomic E-state index is 0.713. The third-order valence-electron chi connectivity index (χ3n) is 5.75. The molecule has 2 heterocycles. The number of benzene rings is 1. The Morgan fingerprint density at radius 3 is 2.68 bits per heavy atom. The van der Waals surface area contributed by atoms with E-state index in [-0.39, 0.29) is 0 Å². The number of ether oxygens (including phenoxy) is 1. The van der Waals surface area contributed by atoms with E-state index >= 15 is 0 Å². The Balaban J connectivity index is 1.47. The van der Waals surface area contributed by atoms with Crippen LogP contribution >= 0.6 is 11.6 Å². The lowest BCUT2D eigenvalue weighted by atomic mass is 9.97. The van der Waals surface area contributed by atoms with Crippen LogP contribution in [0.1, 0.15) is 29.7 Å². The lowest BCUT2D eigenvalue weighted by Crippen LogP contribution is -2.40. The predicted octanol–water partition coefficient (Wildman–Crippen LogP) is 3.78. The lowest BCUT2D eigenvalue weighted by Gasteiger charge is -2.34. The van der Waals surface area contributed by atoms with Gasteiger partial charge in [0, 0.05) is 38.8 Å². The fraction of sp³-hybridized carbons (Fsp3) is 0.591. The van der Waals surface area contributed by atoms with Crippen LogP contribution in [0.25, 0.3) is 0 Å². The van der Waals surface area contributed by atoms with Crippen LogP contribution in [0.15, 0.2) is 24.3 Å². The summed E-state index contributed by atoms with van der Waals surface area (Å²) in [5.74, 6) is 1.64. The maximum Gasteiger partial charge on any atom is 0.131 e. The van der Waals surface area contributed by atoms with Crippen LogP contribution in [0, 0.1) is 12.8 Å². The Hall–Kier alpha value is -1.56.